The van der Waals surface area contributed by atoms with E-state index in [4.69, 9.17) is 0 Å². The third-order valence-electron chi connectivity index (χ3n) is 4.85. The van der Waals surface area contributed by atoms with Crippen molar-refractivity contribution in [3.05, 3.63) is 82.4 Å². The van der Waals surface area contributed by atoms with Crippen LogP contribution in [0.15, 0.2) is 60.8 Å². The highest BCUT2D eigenvalue weighted by molar-refractivity contribution is 7.15. The Bertz CT molecular complexity index is 999. The van der Waals surface area contributed by atoms with Crippen LogP contribution < -0.4 is 5.32 Å². The molecule has 0 saturated carbocycles. The van der Waals surface area contributed by atoms with Gasteiger partial charge in [-0.2, -0.15) is 0 Å². The number of aryl methyl sites for hydroxylation is 1. The van der Waals surface area contributed by atoms with Crippen LogP contribution in [0, 0.1) is 6.92 Å². The van der Waals surface area contributed by atoms with Crippen LogP contribution in [0.25, 0.3) is 0 Å². The van der Waals surface area contributed by atoms with Crippen molar-refractivity contribution in [3.8, 4) is 0 Å². The number of thiazole rings is 1. The predicted molar refractivity (Wildman–Crippen MR) is 106 cm³/mol. The lowest BCUT2D eigenvalue weighted by molar-refractivity contribution is -0.119. The fourth-order valence-electron chi connectivity index (χ4n) is 3.62. The van der Waals surface area contributed by atoms with Crippen LogP contribution in [-0.4, -0.2) is 28.7 Å². The quantitative estimate of drug-likeness (QED) is 0.750. The summed E-state index contributed by atoms with van der Waals surface area (Å²) in [4.78, 5) is 33.1. The van der Waals surface area contributed by atoms with Gasteiger partial charge >= 0.3 is 0 Å². The zero-order valence-corrected chi connectivity index (χ0v) is 15.9. The molecule has 136 valence electrons. The van der Waals surface area contributed by atoms with Gasteiger partial charge in [-0.3, -0.25) is 9.59 Å². The Morgan fingerprint density at radius 1 is 1.11 bits per heavy atom. The number of likely N-dealkylation sites (N-methyl/N-ethyl adjacent to an activating group) is 1. The van der Waals surface area contributed by atoms with Crippen LogP contribution in [0.3, 0.4) is 0 Å². The molecule has 0 saturated heterocycles. The van der Waals surface area contributed by atoms with Gasteiger partial charge in [0.2, 0.25) is 5.91 Å². The number of aromatic nitrogens is 1. The van der Waals surface area contributed by atoms with Gasteiger partial charge in [0.1, 0.15) is 0 Å². The van der Waals surface area contributed by atoms with Crippen LogP contribution in [0.2, 0.25) is 0 Å². The number of carbonyl (C=O) groups excluding carboxylic acids is 2. The largest absolute Gasteiger partial charge is 0.334 e. The fourth-order valence-corrected chi connectivity index (χ4v) is 4.29. The first-order chi connectivity index (χ1) is 13.1. The zero-order valence-electron chi connectivity index (χ0n) is 15.0. The van der Waals surface area contributed by atoms with Gasteiger partial charge in [-0.05, 0) is 24.1 Å². The van der Waals surface area contributed by atoms with Crippen LogP contribution in [0.1, 0.15) is 38.3 Å². The van der Waals surface area contributed by atoms with Crippen molar-refractivity contribution >= 4 is 28.3 Å². The van der Waals surface area contributed by atoms with Gasteiger partial charge < -0.3 is 10.2 Å². The Labute approximate surface area is 161 Å². The van der Waals surface area contributed by atoms with Gasteiger partial charge in [0.25, 0.3) is 5.91 Å². The third kappa shape index (κ3) is 3.13. The summed E-state index contributed by atoms with van der Waals surface area (Å²) in [7, 11) is 1.75. The summed E-state index contributed by atoms with van der Waals surface area (Å²) in [5.74, 6) is -0.755. The van der Waals surface area contributed by atoms with E-state index in [1.807, 2.05) is 55.5 Å². The van der Waals surface area contributed by atoms with Crippen molar-refractivity contribution in [1.29, 1.82) is 0 Å². The second-order valence-corrected chi connectivity index (χ2v) is 7.84. The van der Waals surface area contributed by atoms with Crippen LogP contribution in [-0.2, 0) is 4.79 Å². The maximum absolute atomic E-state index is 13.3. The van der Waals surface area contributed by atoms with E-state index in [-0.39, 0.29) is 17.9 Å². The Kier molecular flexibility index (Phi) is 4.49. The SMILES string of the molecule is Cc1cnc(NC(=O)[C@@H]2c3ccccc3C(=O)N(C)[C@H]2c2ccccc2)s1. The summed E-state index contributed by atoms with van der Waals surface area (Å²) in [5, 5.41) is 3.51. The minimum atomic E-state index is -0.518. The topological polar surface area (TPSA) is 62.3 Å². The molecule has 2 amide bonds. The molecule has 2 atom stereocenters. The average molecular weight is 377 g/mol. The number of nitrogens with zero attached hydrogens (tertiary/aromatic N) is 2. The molecule has 27 heavy (non-hydrogen) atoms. The fraction of sp³-hybridized carbons (Fsp3) is 0.190. The molecule has 3 aromatic rings. The molecule has 0 radical (unpaired) electrons. The van der Waals surface area contributed by atoms with E-state index in [1.54, 1.807) is 24.2 Å². The molecule has 2 aromatic carbocycles. The standard InChI is InChI=1S/C21H19N3O2S/c1-13-12-22-21(27-13)23-19(25)17-15-10-6-7-11-16(15)20(26)24(2)18(17)14-8-4-3-5-9-14/h3-12,17-18H,1-2H3,(H,22,23,25)/t17-,18+/m1/s1. The molecule has 1 N–H and O–H groups in total. The van der Waals surface area contributed by atoms with Crippen molar-refractivity contribution in [2.75, 3.05) is 12.4 Å². The van der Waals surface area contributed by atoms with E-state index in [9.17, 15) is 9.59 Å². The number of amides is 2. The number of hydrogen-bond acceptors (Lipinski definition) is 4. The lowest BCUT2D eigenvalue weighted by Gasteiger charge is -2.39. The molecule has 5 nitrogen and oxygen atoms in total. The van der Waals surface area contributed by atoms with Gasteiger partial charge in [-0.25, -0.2) is 4.98 Å². The molecule has 0 spiro atoms. The van der Waals surface area contributed by atoms with Crippen molar-refractivity contribution in [1.82, 2.24) is 9.88 Å². The molecule has 1 aromatic heterocycles. The number of rotatable bonds is 3. The first kappa shape index (κ1) is 17.4. The van der Waals surface area contributed by atoms with Crippen molar-refractivity contribution in [2.45, 2.75) is 18.9 Å². The van der Waals surface area contributed by atoms with Gasteiger partial charge in [-0.15, -0.1) is 11.3 Å². The summed E-state index contributed by atoms with van der Waals surface area (Å²) < 4.78 is 0. The van der Waals surface area contributed by atoms with Gasteiger partial charge in [0, 0.05) is 23.7 Å². The highest BCUT2D eigenvalue weighted by Gasteiger charge is 2.42. The first-order valence-corrected chi connectivity index (χ1v) is 9.52. The van der Waals surface area contributed by atoms with Gasteiger partial charge in [0.15, 0.2) is 5.13 Å². The molecule has 4 rings (SSSR count). The molecule has 2 heterocycles. The number of hydrogen-bond donors (Lipinski definition) is 1. The Morgan fingerprint density at radius 2 is 1.81 bits per heavy atom. The third-order valence-corrected chi connectivity index (χ3v) is 5.68. The summed E-state index contributed by atoms with van der Waals surface area (Å²) in [6.45, 7) is 1.95. The number of carbonyl (C=O) groups is 2. The maximum atomic E-state index is 13.3. The number of nitrogens with one attached hydrogen (secondary N) is 1. The molecule has 1 aliphatic rings. The summed E-state index contributed by atoms with van der Waals surface area (Å²) in [6.07, 6.45) is 1.74. The van der Waals surface area contributed by atoms with E-state index < -0.39 is 5.92 Å². The monoisotopic (exact) mass is 377 g/mol. The van der Waals surface area contributed by atoms with E-state index in [2.05, 4.69) is 10.3 Å². The normalized spacial score (nSPS) is 18.9. The average Bonchev–Trinajstić information content (AvgIpc) is 3.09. The lowest BCUT2D eigenvalue weighted by Crippen LogP contribution is -2.44. The second-order valence-electron chi connectivity index (χ2n) is 6.60. The number of anilines is 1. The Balaban J connectivity index is 1.81. The molecular formula is C21H19N3O2S. The summed E-state index contributed by atoms with van der Waals surface area (Å²) in [6, 6.07) is 16.6. The minimum absolute atomic E-state index is 0.0754. The molecule has 0 aliphatic carbocycles. The predicted octanol–water partition coefficient (Wildman–Crippen LogP) is 4.00. The van der Waals surface area contributed by atoms with Crippen LogP contribution >= 0.6 is 11.3 Å². The van der Waals surface area contributed by atoms with Crippen molar-refractivity contribution < 1.29 is 9.59 Å². The minimum Gasteiger partial charge on any atom is -0.334 e. The molecule has 1 aliphatic heterocycles. The Morgan fingerprint density at radius 3 is 2.52 bits per heavy atom. The number of benzene rings is 2. The van der Waals surface area contributed by atoms with Crippen LogP contribution in [0.4, 0.5) is 5.13 Å². The van der Waals surface area contributed by atoms with Crippen molar-refractivity contribution in [2.24, 2.45) is 0 Å². The van der Waals surface area contributed by atoms with E-state index in [1.165, 1.54) is 11.3 Å². The smallest absolute Gasteiger partial charge is 0.254 e. The zero-order chi connectivity index (χ0) is 19.0. The lowest BCUT2D eigenvalue weighted by atomic mass is 9.79. The highest BCUT2D eigenvalue weighted by Crippen LogP contribution is 2.42. The molecule has 0 bridgehead atoms. The van der Waals surface area contributed by atoms with Gasteiger partial charge in [-0.1, -0.05) is 48.5 Å². The van der Waals surface area contributed by atoms with E-state index in [0.29, 0.717) is 10.7 Å². The molecule has 6 heteroatoms. The van der Waals surface area contributed by atoms with E-state index in [0.717, 1.165) is 16.0 Å². The Hall–Kier alpha value is -2.99. The molecule has 0 fully saturated rings. The highest BCUT2D eigenvalue weighted by atomic mass is 32.1. The summed E-state index contributed by atoms with van der Waals surface area (Å²) in [5.41, 5.74) is 2.25. The molecular weight excluding hydrogens is 358 g/mol. The van der Waals surface area contributed by atoms with Crippen LogP contribution in [0.5, 0.6) is 0 Å². The maximum Gasteiger partial charge on any atom is 0.254 e. The van der Waals surface area contributed by atoms with Gasteiger partial charge in [0.05, 0.1) is 12.0 Å². The first-order valence-electron chi connectivity index (χ1n) is 8.70. The van der Waals surface area contributed by atoms with E-state index >= 15 is 0 Å². The summed E-state index contributed by atoms with van der Waals surface area (Å²) >= 11 is 1.44. The van der Waals surface area contributed by atoms with Crippen molar-refractivity contribution in [3.63, 3.8) is 0 Å². The second kappa shape index (κ2) is 6.96. The number of fused-ring (bicyclic) bond motifs is 1. The molecule has 0 unspecified atom stereocenters.